The Labute approximate surface area is 126 Å². The molecule has 1 aliphatic carbocycles. The van der Waals surface area contributed by atoms with Crippen LogP contribution in [0.5, 0.6) is 0 Å². The van der Waals surface area contributed by atoms with Gasteiger partial charge in [-0.2, -0.15) is 0 Å². The first kappa shape index (κ1) is 13.7. The third kappa shape index (κ3) is 2.92. The molecule has 1 heterocycles. The van der Waals surface area contributed by atoms with Gasteiger partial charge in [-0.1, -0.05) is 17.7 Å². The van der Waals surface area contributed by atoms with Gasteiger partial charge in [0.1, 0.15) is 5.69 Å². The van der Waals surface area contributed by atoms with Crippen LogP contribution in [0, 0.1) is 0 Å². The fraction of sp³-hybridized carbons (Fsp3) is 0.200. The number of anilines is 1. The van der Waals surface area contributed by atoms with Gasteiger partial charge in [0.25, 0.3) is 5.91 Å². The summed E-state index contributed by atoms with van der Waals surface area (Å²) in [5, 5.41) is 12.2. The van der Waals surface area contributed by atoms with Crippen molar-refractivity contribution in [2.24, 2.45) is 0 Å². The maximum absolute atomic E-state index is 12.3. The highest BCUT2D eigenvalue weighted by Gasteiger charge is 2.27. The molecular formula is C15H13ClN2O3. The van der Waals surface area contributed by atoms with Gasteiger partial charge >= 0.3 is 5.97 Å². The van der Waals surface area contributed by atoms with E-state index in [2.05, 4.69) is 5.32 Å². The van der Waals surface area contributed by atoms with Gasteiger partial charge in [-0.15, -0.1) is 0 Å². The van der Waals surface area contributed by atoms with E-state index in [9.17, 15) is 9.59 Å². The average Bonchev–Trinajstić information content (AvgIpc) is 3.21. The molecule has 3 rings (SSSR count). The monoisotopic (exact) mass is 304 g/mol. The van der Waals surface area contributed by atoms with Crippen LogP contribution in [-0.2, 0) is 0 Å². The molecule has 1 saturated carbocycles. The van der Waals surface area contributed by atoms with Crippen LogP contribution in [0.15, 0.2) is 36.5 Å². The average molecular weight is 305 g/mol. The summed E-state index contributed by atoms with van der Waals surface area (Å²) in [4.78, 5) is 23.3. The molecule has 2 N–H and O–H groups in total. The number of carboxylic acid groups (broad SMARTS) is 1. The Bertz CT molecular complexity index is 719. The summed E-state index contributed by atoms with van der Waals surface area (Å²) in [6, 6.07) is 8.09. The first-order valence-electron chi connectivity index (χ1n) is 6.56. The Balaban J connectivity index is 1.83. The smallest absolute Gasteiger partial charge is 0.335 e. The first-order chi connectivity index (χ1) is 10.0. The number of halogens is 1. The quantitative estimate of drug-likeness (QED) is 0.909. The summed E-state index contributed by atoms with van der Waals surface area (Å²) in [5.41, 5.74) is 1.06. The summed E-state index contributed by atoms with van der Waals surface area (Å²) in [6.07, 6.45) is 3.83. The number of hydrogen-bond donors (Lipinski definition) is 2. The van der Waals surface area contributed by atoms with Crippen LogP contribution in [0.4, 0.5) is 5.69 Å². The van der Waals surface area contributed by atoms with Crippen LogP contribution in [0.25, 0.3) is 0 Å². The van der Waals surface area contributed by atoms with Crippen molar-refractivity contribution >= 4 is 29.2 Å². The van der Waals surface area contributed by atoms with Crippen LogP contribution < -0.4 is 5.32 Å². The predicted molar refractivity (Wildman–Crippen MR) is 79.1 cm³/mol. The number of rotatable bonds is 4. The molecule has 5 nitrogen and oxygen atoms in total. The first-order valence-corrected chi connectivity index (χ1v) is 6.94. The second kappa shape index (κ2) is 5.26. The molecule has 0 atom stereocenters. The van der Waals surface area contributed by atoms with Crippen LogP contribution in [-0.4, -0.2) is 21.6 Å². The van der Waals surface area contributed by atoms with Gasteiger partial charge in [-0.25, -0.2) is 4.79 Å². The number of amides is 1. The van der Waals surface area contributed by atoms with E-state index in [1.54, 1.807) is 24.4 Å². The molecule has 0 unspecified atom stereocenters. The van der Waals surface area contributed by atoms with E-state index in [4.69, 9.17) is 16.7 Å². The molecule has 6 heteroatoms. The van der Waals surface area contributed by atoms with E-state index in [0.29, 0.717) is 22.4 Å². The van der Waals surface area contributed by atoms with Crippen molar-refractivity contribution in [2.45, 2.75) is 18.9 Å². The number of nitrogens with one attached hydrogen (secondary N) is 1. The molecule has 0 spiro atoms. The summed E-state index contributed by atoms with van der Waals surface area (Å²) in [6.45, 7) is 0. The lowest BCUT2D eigenvalue weighted by atomic mass is 10.2. The lowest BCUT2D eigenvalue weighted by Gasteiger charge is -2.09. The van der Waals surface area contributed by atoms with E-state index in [-0.39, 0.29) is 11.5 Å². The van der Waals surface area contributed by atoms with Gasteiger partial charge in [0.2, 0.25) is 0 Å². The minimum Gasteiger partial charge on any atom is -0.478 e. The molecule has 1 aromatic carbocycles. The van der Waals surface area contributed by atoms with E-state index < -0.39 is 5.97 Å². The summed E-state index contributed by atoms with van der Waals surface area (Å²) >= 11 is 5.97. The van der Waals surface area contributed by atoms with E-state index in [1.165, 1.54) is 12.1 Å². The fourth-order valence-corrected chi connectivity index (χ4v) is 2.42. The molecule has 2 aromatic rings. The number of hydrogen-bond acceptors (Lipinski definition) is 2. The van der Waals surface area contributed by atoms with Crippen molar-refractivity contribution < 1.29 is 14.7 Å². The number of carboxylic acids is 1. The Morgan fingerprint density at radius 1 is 1.29 bits per heavy atom. The maximum atomic E-state index is 12.3. The lowest BCUT2D eigenvalue weighted by Crippen LogP contribution is -2.16. The number of aromatic nitrogens is 1. The zero-order valence-electron chi connectivity index (χ0n) is 11.0. The Morgan fingerprint density at radius 2 is 2.05 bits per heavy atom. The van der Waals surface area contributed by atoms with Crippen LogP contribution in [0.3, 0.4) is 0 Å². The lowest BCUT2D eigenvalue weighted by molar-refractivity contribution is 0.0696. The molecule has 1 aromatic heterocycles. The number of benzene rings is 1. The molecule has 0 saturated heterocycles. The number of aromatic carboxylic acids is 1. The summed E-state index contributed by atoms with van der Waals surface area (Å²) in [7, 11) is 0. The molecule has 1 fully saturated rings. The number of carbonyl (C=O) groups is 2. The normalized spacial score (nSPS) is 14.0. The van der Waals surface area contributed by atoms with E-state index in [1.807, 2.05) is 4.57 Å². The van der Waals surface area contributed by atoms with Crippen molar-refractivity contribution in [3.63, 3.8) is 0 Å². The largest absolute Gasteiger partial charge is 0.478 e. The third-order valence-electron chi connectivity index (χ3n) is 3.36. The van der Waals surface area contributed by atoms with Gasteiger partial charge in [-0.3, -0.25) is 4.79 Å². The molecule has 1 amide bonds. The highest BCUT2D eigenvalue weighted by molar-refractivity contribution is 6.31. The number of nitrogens with zero attached hydrogens (tertiary/aromatic N) is 1. The zero-order valence-corrected chi connectivity index (χ0v) is 11.8. The van der Waals surface area contributed by atoms with Gasteiger partial charge in [0.05, 0.1) is 10.6 Å². The molecular weight excluding hydrogens is 292 g/mol. The molecule has 1 aliphatic rings. The Morgan fingerprint density at radius 3 is 2.71 bits per heavy atom. The van der Waals surface area contributed by atoms with Crippen molar-refractivity contribution in [3.05, 3.63) is 52.8 Å². The van der Waals surface area contributed by atoms with Gasteiger partial charge in [0, 0.05) is 17.9 Å². The van der Waals surface area contributed by atoms with Gasteiger partial charge < -0.3 is 15.0 Å². The Hall–Kier alpha value is -2.27. The molecule has 108 valence electrons. The molecule has 0 aliphatic heterocycles. The highest BCUT2D eigenvalue weighted by atomic mass is 35.5. The molecule has 0 radical (unpaired) electrons. The zero-order chi connectivity index (χ0) is 15.0. The van der Waals surface area contributed by atoms with Crippen LogP contribution in [0.1, 0.15) is 39.7 Å². The van der Waals surface area contributed by atoms with E-state index in [0.717, 1.165) is 12.8 Å². The van der Waals surface area contributed by atoms with Crippen LogP contribution >= 0.6 is 11.6 Å². The molecule has 0 bridgehead atoms. The van der Waals surface area contributed by atoms with Gasteiger partial charge in [-0.05, 0) is 37.1 Å². The standard InChI is InChI=1S/C15H13ClN2O3/c16-10-7-13(18(8-10)12-4-5-12)14(19)17-11-3-1-2-9(6-11)15(20)21/h1-3,6-8,12H,4-5H2,(H,17,19)(H,20,21). The third-order valence-corrected chi connectivity index (χ3v) is 3.56. The summed E-state index contributed by atoms with van der Waals surface area (Å²) < 4.78 is 1.87. The highest BCUT2D eigenvalue weighted by Crippen LogP contribution is 2.37. The second-order valence-electron chi connectivity index (χ2n) is 5.02. The SMILES string of the molecule is O=C(O)c1cccc(NC(=O)c2cc(Cl)cn2C2CC2)c1. The fourth-order valence-electron chi connectivity index (χ4n) is 2.21. The maximum Gasteiger partial charge on any atom is 0.335 e. The Kier molecular flexibility index (Phi) is 3.43. The van der Waals surface area contributed by atoms with Crippen molar-refractivity contribution in [1.29, 1.82) is 0 Å². The summed E-state index contributed by atoms with van der Waals surface area (Å²) in [5.74, 6) is -1.33. The number of carbonyl (C=O) groups excluding carboxylic acids is 1. The van der Waals surface area contributed by atoms with Crippen molar-refractivity contribution in [3.8, 4) is 0 Å². The van der Waals surface area contributed by atoms with Crippen molar-refractivity contribution in [2.75, 3.05) is 5.32 Å². The van der Waals surface area contributed by atoms with Crippen molar-refractivity contribution in [1.82, 2.24) is 4.57 Å². The van der Waals surface area contributed by atoms with E-state index >= 15 is 0 Å². The topological polar surface area (TPSA) is 71.3 Å². The second-order valence-corrected chi connectivity index (χ2v) is 5.46. The molecule has 21 heavy (non-hydrogen) atoms. The minimum absolute atomic E-state index is 0.128. The predicted octanol–water partition coefficient (Wildman–Crippen LogP) is 3.43. The van der Waals surface area contributed by atoms with Crippen LogP contribution in [0.2, 0.25) is 5.02 Å². The van der Waals surface area contributed by atoms with Gasteiger partial charge in [0.15, 0.2) is 0 Å². The minimum atomic E-state index is -1.03.